The van der Waals surface area contributed by atoms with Crippen molar-refractivity contribution in [2.45, 2.75) is 37.9 Å². The van der Waals surface area contributed by atoms with Gasteiger partial charge in [0.1, 0.15) is 5.76 Å². The lowest BCUT2D eigenvalue weighted by Crippen LogP contribution is -2.31. The number of hydrogen-bond donors (Lipinski definition) is 2. The first-order chi connectivity index (χ1) is 6.99. The first-order valence-corrected chi connectivity index (χ1v) is 6.29. The standard InChI is InChI=1S/C9H16N2O3S/c1-3-7(2)11-15(12,13)9-5-4-8(6-10)14-9/h4-5,7,11H,3,6,10H2,1-2H3. The van der Waals surface area contributed by atoms with Crippen LogP contribution in [0.4, 0.5) is 0 Å². The van der Waals surface area contributed by atoms with Crippen LogP contribution in [0, 0.1) is 0 Å². The quantitative estimate of drug-likeness (QED) is 0.786. The summed E-state index contributed by atoms with van der Waals surface area (Å²) in [6.07, 6.45) is 0.726. The molecule has 0 fully saturated rings. The van der Waals surface area contributed by atoms with Crippen molar-refractivity contribution in [3.8, 4) is 0 Å². The molecule has 5 nitrogen and oxygen atoms in total. The van der Waals surface area contributed by atoms with Crippen molar-refractivity contribution in [2.75, 3.05) is 0 Å². The van der Waals surface area contributed by atoms with Crippen molar-refractivity contribution in [1.29, 1.82) is 0 Å². The van der Waals surface area contributed by atoms with Gasteiger partial charge in [-0.15, -0.1) is 0 Å². The lowest BCUT2D eigenvalue weighted by atomic mass is 10.3. The number of nitrogens with two attached hydrogens (primary N) is 1. The van der Waals surface area contributed by atoms with Crippen molar-refractivity contribution in [3.63, 3.8) is 0 Å². The fourth-order valence-electron chi connectivity index (χ4n) is 1.02. The molecule has 0 bridgehead atoms. The van der Waals surface area contributed by atoms with E-state index >= 15 is 0 Å². The highest BCUT2D eigenvalue weighted by atomic mass is 32.2. The van der Waals surface area contributed by atoms with E-state index in [1.54, 1.807) is 13.0 Å². The summed E-state index contributed by atoms with van der Waals surface area (Å²) in [5.41, 5.74) is 5.32. The van der Waals surface area contributed by atoms with Crippen LogP contribution >= 0.6 is 0 Å². The average molecular weight is 232 g/mol. The minimum Gasteiger partial charge on any atom is -0.447 e. The van der Waals surface area contributed by atoms with Crippen LogP contribution in [0.3, 0.4) is 0 Å². The Morgan fingerprint density at radius 3 is 2.67 bits per heavy atom. The SMILES string of the molecule is CCC(C)NS(=O)(=O)c1ccc(CN)o1. The summed E-state index contributed by atoms with van der Waals surface area (Å²) in [4.78, 5) is 0. The summed E-state index contributed by atoms with van der Waals surface area (Å²) in [5.74, 6) is 0.458. The summed E-state index contributed by atoms with van der Waals surface area (Å²) >= 11 is 0. The first-order valence-electron chi connectivity index (χ1n) is 4.80. The predicted molar refractivity (Wildman–Crippen MR) is 56.7 cm³/mol. The van der Waals surface area contributed by atoms with E-state index in [4.69, 9.17) is 10.2 Å². The fraction of sp³-hybridized carbons (Fsp3) is 0.556. The summed E-state index contributed by atoms with van der Waals surface area (Å²) in [6, 6.07) is 2.86. The Labute approximate surface area is 89.7 Å². The van der Waals surface area contributed by atoms with Crippen LogP contribution in [-0.2, 0) is 16.6 Å². The Hall–Kier alpha value is -0.850. The second-order valence-corrected chi connectivity index (χ2v) is 5.00. The van der Waals surface area contributed by atoms with E-state index < -0.39 is 10.0 Å². The molecule has 0 amide bonds. The molecule has 1 heterocycles. The predicted octanol–water partition coefficient (Wildman–Crippen LogP) is 0.815. The van der Waals surface area contributed by atoms with Crippen molar-refractivity contribution in [1.82, 2.24) is 4.72 Å². The zero-order valence-corrected chi connectivity index (χ0v) is 9.67. The topological polar surface area (TPSA) is 85.3 Å². The van der Waals surface area contributed by atoms with Crippen LogP contribution < -0.4 is 10.5 Å². The molecule has 0 saturated heterocycles. The van der Waals surface area contributed by atoms with Gasteiger partial charge in [-0.05, 0) is 25.5 Å². The average Bonchev–Trinajstić information content (AvgIpc) is 2.65. The Kier molecular flexibility index (Phi) is 3.90. The summed E-state index contributed by atoms with van der Waals surface area (Å²) in [6.45, 7) is 3.89. The van der Waals surface area contributed by atoms with Gasteiger partial charge < -0.3 is 10.2 Å². The Morgan fingerprint density at radius 1 is 1.53 bits per heavy atom. The third-order valence-electron chi connectivity index (χ3n) is 2.07. The van der Waals surface area contributed by atoms with Crippen LogP contribution in [0.15, 0.2) is 21.6 Å². The van der Waals surface area contributed by atoms with Crippen LogP contribution in [0.2, 0.25) is 0 Å². The summed E-state index contributed by atoms with van der Waals surface area (Å²) in [5, 5.41) is -0.0803. The first kappa shape index (κ1) is 12.2. The largest absolute Gasteiger partial charge is 0.447 e. The maximum atomic E-state index is 11.7. The van der Waals surface area contributed by atoms with Gasteiger partial charge in [0.05, 0.1) is 6.54 Å². The third-order valence-corrected chi connectivity index (χ3v) is 3.53. The Bertz CT molecular complexity index is 411. The highest BCUT2D eigenvalue weighted by Gasteiger charge is 2.20. The minimum absolute atomic E-state index is 0.0803. The molecule has 0 aromatic carbocycles. The molecule has 1 atom stereocenters. The van der Waals surface area contributed by atoms with Gasteiger partial charge in [0, 0.05) is 6.04 Å². The van der Waals surface area contributed by atoms with Gasteiger partial charge in [-0.2, -0.15) is 0 Å². The molecule has 0 radical (unpaired) electrons. The van der Waals surface area contributed by atoms with Gasteiger partial charge in [0.2, 0.25) is 5.09 Å². The van der Waals surface area contributed by atoms with Crippen LogP contribution in [0.5, 0.6) is 0 Å². The molecule has 0 saturated carbocycles. The molecule has 1 rings (SSSR count). The van der Waals surface area contributed by atoms with E-state index in [1.807, 2.05) is 6.92 Å². The smallest absolute Gasteiger partial charge is 0.274 e. The van der Waals surface area contributed by atoms with Crippen LogP contribution in [-0.4, -0.2) is 14.5 Å². The van der Waals surface area contributed by atoms with Crippen molar-refractivity contribution >= 4 is 10.0 Å². The minimum atomic E-state index is -3.53. The maximum absolute atomic E-state index is 11.7. The second kappa shape index (κ2) is 4.78. The number of sulfonamides is 1. The number of rotatable bonds is 5. The molecule has 0 aliphatic heterocycles. The summed E-state index contributed by atoms with van der Waals surface area (Å²) in [7, 11) is -3.53. The summed E-state index contributed by atoms with van der Waals surface area (Å²) < 4.78 is 30.9. The zero-order chi connectivity index (χ0) is 11.5. The molecule has 86 valence electrons. The van der Waals surface area contributed by atoms with E-state index in [2.05, 4.69) is 4.72 Å². The van der Waals surface area contributed by atoms with Gasteiger partial charge in [0.25, 0.3) is 10.0 Å². The highest BCUT2D eigenvalue weighted by molar-refractivity contribution is 7.89. The van der Waals surface area contributed by atoms with E-state index in [0.717, 1.165) is 6.42 Å². The molecule has 1 aromatic heterocycles. The van der Waals surface area contributed by atoms with Gasteiger partial charge in [-0.1, -0.05) is 6.92 Å². The monoisotopic (exact) mass is 232 g/mol. The number of nitrogens with one attached hydrogen (secondary N) is 1. The maximum Gasteiger partial charge on any atom is 0.274 e. The van der Waals surface area contributed by atoms with E-state index in [1.165, 1.54) is 6.07 Å². The van der Waals surface area contributed by atoms with Crippen LogP contribution in [0.1, 0.15) is 26.0 Å². The van der Waals surface area contributed by atoms with Crippen molar-refractivity contribution < 1.29 is 12.8 Å². The molecule has 6 heteroatoms. The van der Waals surface area contributed by atoms with E-state index in [0.29, 0.717) is 5.76 Å². The highest BCUT2D eigenvalue weighted by Crippen LogP contribution is 2.13. The third kappa shape index (κ3) is 3.05. The van der Waals surface area contributed by atoms with E-state index in [-0.39, 0.29) is 17.7 Å². The fourth-order valence-corrected chi connectivity index (χ4v) is 2.30. The lowest BCUT2D eigenvalue weighted by Gasteiger charge is -2.09. The molecular formula is C9H16N2O3S. The number of hydrogen-bond acceptors (Lipinski definition) is 4. The molecule has 3 N–H and O–H groups in total. The molecule has 15 heavy (non-hydrogen) atoms. The van der Waals surface area contributed by atoms with Crippen molar-refractivity contribution in [2.24, 2.45) is 5.73 Å². The normalized spacial score (nSPS) is 14.1. The Balaban J connectivity index is 2.86. The van der Waals surface area contributed by atoms with E-state index in [9.17, 15) is 8.42 Å². The molecule has 0 spiro atoms. The molecule has 0 aliphatic rings. The van der Waals surface area contributed by atoms with Gasteiger partial charge in [0.15, 0.2) is 0 Å². The molecule has 1 unspecified atom stereocenters. The Morgan fingerprint density at radius 2 is 2.20 bits per heavy atom. The van der Waals surface area contributed by atoms with Gasteiger partial charge >= 0.3 is 0 Å². The van der Waals surface area contributed by atoms with Gasteiger partial charge in [-0.25, -0.2) is 13.1 Å². The lowest BCUT2D eigenvalue weighted by molar-refractivity contribution is 0.410. The molecule has 1 aromatic rings. The molecular weight excluding hydrogens is 216 g/mol. The zero-order valence-electron chi connectivity index (χ0n) is 8.86. The van der Waals surface area contributed by atoms with Crippen molar-refractivity contribution in [3.05, 3.63) is 17.9 Å². The number of furan rings is 1. The second-order valence-electron chi connectivity index (χ2n) is 3.36. The molecule has 0 aliphatic carbocycles. The van der Waals surface area contributed by atoms with Crippen LogP contribution in [0.25, 0.3) is 0 Å². The van der Waals surface area contributed by atoms with Gasteiger partial charge in [-0.3, -0.25) is 0 Å².